The van der Waals surface area contributed by atoms with E-state index in [0.717, 1.165) is 24.4 Å². The summed E-state index contributed by atoms with van der Waals surface area (Å²) in [4.78, 5) is 7.93. The van der Waals surface area contributed by atoms with E-state index in [9.17, 15) is 0 Å². The van der Waals surface area contributed by atoms with Gasteiger partial charge in [0, 0.05) is 23.8 Å². The second-order valence-corrected chi connectivity index (χ2v) is 5.33. The van der Waals surface area contributed by atoms with Gasteiger partial charge in [-0.3, -0.25) is 0 Å². The van der Waals surface area contributed by atoms with E-state index in [2.05, 4.69) is 33.5 Å². The van der Waals surface area contributed by atoms with Crippen LogP contribution in [0.25, 0.3) is 11.0 Å². The molecule has 1 aliphatic heterocycles. The van der Waals surface area contributed by atoms with E-state index < -0.39 is 0 Å². The van der Waals surface area contributed by atoms with Gasteiger partial charge in [-0.2, -0.15) is 0 Å². The van der Waals surface area contributed by atoms with E-state index in [-0.39, 0.29) is 6.04 Å². The number of H-pyrrole nitrogens is 1. The number of rotatable bonds is 2. The molecular formula is C17H17N3O. The van der Waals surface area contributed by atoms with Crippen LogP contribution in [0, 0.1) is 0 Å². The molecule has 0 aliphatic carbocycles. The van der Waals surface area contributed by atoms with Crippen LogP contribution in [0.2, 0.25) is 0 Å². The van der Waals surface area contributed by atoms with Crippen LogP contribution >= 0.6 is 0 Å². The normalized spacial score (nSPS) is 17.7. The number of hydrogen-bond donors (Lipinski definition) is 2. The van der Waals surface area contributed by atoms with Gasteiger partial charge in [-0.25, -0.2) is 4.98 Å². The van der Waals surface area contributed by atoms with Gasteiger partial charge in [0.05, 0.1) is 13.2 Å². The molecule has 4 rings (SSSR count). The number of methoxy groups -OCH3 is 1. The Kier molecular flexibility index (Phi) is 2.89. The minimum absolute atomic E-state index is 0.165. The highest BCUT2D eigenvalue weighted by Crippen LogP contribution is 2.33. The minimum atomic E-state index is 0.165. The number of ether oxygens (including phenoxy) is 1. The molecule has 21 heavy (non-hydrogen) atoms. The van der Waals surface area contributed by atoms with Crippen molar-refractivity contribution in [1.82, 2.24) is 15.3 Å². The molecule has 1 unspecified atom stereocenters. The Hall–Kier alpha value is -2.33. The molecule has 1 aromatic carbocycles. The van der Waals surface area contributed by atoms with Crippen molar-refractivity contribution in [3.05, 3.63) is 59.4 Å². The summed E-state index contributed by atoms with van der Waals surface area (Å²) in [6.45, 7) is 0.969. The van der Waals surface area contributed by atoms with Crippen LogP contribution in [0.1, 0.15) is 22.9 Å². The number of benzene rings is 1. The molecule has 2 aromatic heterocycles. The maximum Gasteiger partial charge on any atom is 0.137 e. The largest absolute Gasteiger partial charge is 0.497 e. The van der Waals surface area contributed by atoms with Crippen molar-refractivity contribution in [1.29, 1.82) is 0 Å². The average Bonchev–Trinajstić information content (AvgIpc) is 2.93. The van der Waals surface area contributed by atoms with Gasteiger partial charge < -0.3 is 15.0 Å². The zero-order valence-corrected chi connectivity index (χ0v) is 11.9. The first-order valence-electron chi connectivity index (χ1n) is 7.19. The van der Waals surface area contributed by atoms with E-state index in [0.29, 0.717) is 0 Å². The van der Waals surface area contributed by atoms with Gasteiger partial charge in [0.15, 0.2) is 0 Å². The predicted octanol–water partition coefficient (Wildman–Crippen LogP) is 2.81. The fourth-order valence-electron chi connectivity index (χ4n) is 3.16. The lowest BCUT2D eigenvalue weighted by Crippen LogP contribution is -2.30. The third-order valence-corrected chi connectivity index (χ3v) is 4.15. The maximum atomic E-state index is 5.34. The topological polar surface area (TPSA) is 49.9 Å². The van der Waals surface area contributed by atoms with Gasteiger partial charge in [0.25, 0.3) is 0 Å². The first-order valence-corrected chi connectivity index (χ1v) is 7.19. The molecule has 4 nitrogen and oxygen atoms in total. The van der Waals surface area contributed by atoms with Crippen LogP contribution < -0.4 is 10.1 Å². The number of fused-ring (bicyclic) bond motifs is 3. The maximum absolute atomic E-state index is 5.34. The van der Waals surface area contributed by atoms with Gasteiger partial charge in [-0.15, -0.1) is 0 Å². The molecule has 0 saturated carbocycles. The van der Waals surface area contributed by atoms with E-state index in [1.807, 2.05) is 24.4 Å². The second kappa shape index (κ2) is 4.90. The molecule has 0 fully saturated rings. The smallest absolute Gasteiger partial charge is 0.137 e. The number of nitrogens with one attached hydrogen (secondary N) is 2. The summed E-state index contributed by atoms with van der Waals surface area (Å²) < 4.78 is 5.34. The Morgan fingerprint density at radius 3 is 3.10 bits per heavy atom. The quantitative estimate of drug-likeness (QED) is 0.758. The summed E-state index contributed by atoms with van der Waals surface area (Å²) in [7, 11) is 1.70. The Morgan fingerprint density at radius 2 is 2.19 bits per heavy atom. The van der Waals surface area contributed by atoms with Crippen molar-refractivity contribution in [2.45, 2.75) is 12.5 Å². The predicted molar refractivity (Wildman–Crippen MR) is 82.6 cm³/mol. The zero-order valence-electron chi connectivity index (χ0n) is 11.9. The third-order valence-electron chi connectivity index (χ3n) is 4.15. The van der Waals surface area contributed by atoms with Gasteiger partial charge in [-0.1, -0.05) is 12.1 Å². The average molecular weight is 279 g/mol. The molecule has 2 N–H and O–H groups in total. The summed E-state index contributed by atoms with van der Waals surface area (Å²) >= 11 is 0. The summed E-state index contributed by atoms with van der Waals surface area (Å²) in [5, 5.41) is 4.83. The number of nitrogens with zero attached hydrogens (tertiary/aromatic N) is 1. The molecule has 1 aliphatic rings. The lowest BCUT2D eigenvalue weighted by molar-refractivity contribution is 0.413. The van der Waals surface area contributed by atoms with E-state index in [1.165, 1.54) is 22.2 Å². The van der Waals surface area contributed by atoms with Crippen molar-refractivity contribution >= 4 is 11.0 Å². The SMILES string of the molecule is COc1cccc(C2NCCc3c2[nH]c2ncccc32)c1. The monoisotopic (exact) mass is 279 g/mol. The highest BCUT2D eigenvalue weighted by molar-refractivity contribution is 5.82. The summed E-state index contributed by atoms with van der Waals surface area (Å²) in [5.41, 5.74) is 4.79. The molecule has 106 valence electrons. The number of pyridine rings is 1. The Morgan fingerprint density at radius 1 is 1.24 bits per heavy atom. The van der Waals surface area contributed by atoms with Crippen LogP contribution in [0.4, 0.5) is 0 Å². The minimum Gasteiger partial charge on any atom is -0.497 e. The lowest BCUT2D eigenvalue weighted by Gasteiger charge is -2.25. The van der Waals surface area contributed by atoms with Crippen molar-refractivity contribution in [3.63, 3.8) is 0 Å². The van der Waals surface area contributed by atoms with Crippen LogP contribution in [0.3, 0.4) is 0 Å². The summed E-state index contributed by atoms with van der Waals surface area (Å²) in [6.07, 6.45) is 2.86. The Bertz CT molecular complexity index is 794. The highest BCUT2D eigenvalue weighted by atomic mass is 16.5. The molecular weight excluding hydrogens is 262 g/mol. The lowest BCUT2D eigenvalue weighted by atomic mass is 9.94. The second-order valence-electron chi connectivity index (χ2n) is 5.33. The molecule has 0 spiro atoms. The van der Waals surface area contributed by atoms with Crippen molar-refractivity contribution in [2.75, 3.05) is 13.7 Å². The van der Waals surface area contributed by atoms with Gasteiger partial charge >= 0.3 is 0 Å². The molecule has 0 saturated heterocycles. The molecule has 0 bridgehead atoms. The summed E-state index contributed by atoms with van der Waals surface area (Å²) in [6, 6.07) is 12.5. The standard InChI is InChI=1S/C17H17N3O/c1-21-12-5-2-4-11(10-12)15-16-13(7-9-18-15)14-6-3-8-19-17(14)20-16/h2-6,8,10,15,18H,7,9H2,1H3,(H,19,20). The Balaban J connectivity index is 1.86. The van der Waals surface area contributed by atoms with Crippen molar-refractivity contribution in [3.8, 4) is 5.75 Å². The number of aromatic nitrogens is 2. The van der Waals surface area contributed by atoms with Crippen LogP contribution in [-0.4, -0.2) is 23.6 Å². The molecule has 0 amide bonds. The number of hydrogen-bond acceptors (Lipinski definition) is 3. The third kappa shape index (κ3) is 1.99. The fraction of sp³-hybridized carbons (Fsp3) is 0.235. The van der Waals surface area contributed by atoms with Crippen LogP contribution in [-0.2, 0) is 6.42 Å². The van der Waals surface area contributed by atoms with E-state index in [1.54, 1.807) is 7.11 Å². The molecule has 1 atom stereocenters. The first-order chi connectivity index (χ1) is 10.4. The van der Waals surface area contributed by atoms with Gasteiger partial charge in [-0.05, 0) is 41.8 Å². The summed E-state index contributed by atoms with van der Waals surface area (Å²) in [5.74, 6) is 0.885. The van der Waals surface area contributed by atoms with Crippen LogP contribution in [0.15, 0.2) is 42.6 Å². The molecule has 0 radical (unpaired) electrons. The van der Waals surface area contributed by atoms with Crippen LogP contribution in [0.5, 0.6) is 5.75 Å². The van der Waals surface area contributed by atoms with E-state index >= 15 is 0 Å². The van der Waals surface area contributed by atoms with Crippen molar-refractivity contribution in [2.24, 2.45) is 0 Å². The zero-order chi connectivity index (χ0) is 14.2. The fourth-order valence-corrected chi connectivity index (χ4v) is 3.16. The number of aromatic amines is 1. The van der Waals surface area contributed by atoms with Crippen molar-refractivity contribution < 1.29 is 4.74 Å². The van der Waals surface area contributed by atoms with E-state index in [4.69, 9.17) is 4.74 Å². The highest BCUT2D eigenvalue weighted by Gasteiger charge is 2.25. The molecule has 3 aromatic rings. The van der Waals surface area contributed by atoms with Gasteiger partial charge in [0.1, 0.15) is 11.4 Å². The Labute approximate surface area is 123 Å². The molecule has 3 heterocycles. The molecule has 4 heteroatoms. The van der Waals surface area contributed by atoms with Gasteiger partial charge in [0.2, 0.25) is 0 Å². The first kappa shape index (κ1) is 12.4.